The van der Waals surface area contributed by atoms with E-state index < -0.39 is 22.5 Å². The fraction of sp³-hybridized carbons (Fsp3) is 0.0870. The van der Waals surface area contributed by atoms with Crippen LogP contribution in [0.3, 0.4) is 0 Å². The first kappa shape index (κ1) is 23.2. The van der Waals surface area contributed by atoms with Crippen molar-refractivity contribution in [3.8, 4) is 5.75 Å². The third kappa shape index (κ3) is 5.40. The summed E-state index contributed by atoms with van der Waals surface area (Å²) in [5.74, 6) is -0.203. The highest BCUT2D eigenvalue weighted by Crippen LogP contribution is 2.31. The van der Waals surface area contributed by atoms with Gasteiger partial charge in [0, 0.05) is 0 Å². The molecule has 0 saturated heterocycles. The molecule has 0 heterocycles. The van der Waals surface area contributed by atoms with Gasteiger partial charge in [-0.25, -0.2) is 8.42 Å². The lowest BCUT2D eigenvalue weighted by molar-refractivity contribution is -0.120. The Balaban J connectivity index is 1.85. The number of anilines is 1. The fourth-order valence-corrected chi connectivity index (χ4v) is 4.56. The summed E-state index contributed by atoms with van der Waals surface area (Å²) in [5.41, 5.74) is 6.67. The summed E-state index contributed by atoms with van der Waals surface area (Å²) in [4.78, 5) is 12.7. The monoisotopic (exact) mass is 471 g/mol. The highest BCUT2D eigenvalue weighted by Gasteiger charge is 2.27. The number of carbonyl (C=O) groups is 1. The summed E-state index contributed by atoms with van der Waals surface area (Å²) in [5, 5.41) is 0.217. The fourth-order valence-electron chi connectivity index (χ4n) is 2.87. The van der Waals surface area contributed by atoms with Gasteiger partial charge in [0.05, 0.1) is 28.4 Å². The van der Waals surface area contributed by atoms with Crippen molar-refractivity contribution < 1.29 is 17.9 Å². The lowest BCUT2D eigenvalue weighted by Gasteiger charge is -2.25. The van der Waals surface area contributed by atoms with E-state index in [-0.39, 0.29) is 15.6 Å². The van der Waals surface area contributed by atoms with Crippen LogP contribution < -0.4 is 19.9 Å². The molecule has 3 aromatic carbocycles. The molecule has 0 aliphatic carbocycles. The average molecular weight is 472 g/mol. The molecule has 32 heavy (non-hydrogen) atoms. The zero-order chi connectivity index (χ0) is 23.1. The molecule has 0 aliphatic rings. The van der Waals surface area contributed by atoms with Crippen LogP contribution in [0.1, 0.15) is 5.56 Å². The van der Waals surface area contributed by atoms with Crippen molar-refractivity contribution in [3.05, 3.63) is 96.0 Å². The molecule has 0 bridgehead atoms. The number of sulfonamides is 1. The van der Waals surface area contributed by atoms with Crippen LogP contribution in [-0.2, 0) is 14.8 Å². The molecule has 7 nitrogen and oxygen atoms in total. The Morgan fingerprint density at radius 3 is 2.22 bits per heavy atom. The molecule has 0 aromatic heterocycles. The zero-order valence-electron chi connectivity index (χ0n) is 17.3. The number of ether oxygens (including phenoxy) is 1. The number of hydrazine groups is 1. The predicted octanol–water partition coefficient (Wildman–Crippen LogP) is 3.84. The number of hydrogen-bond acceptors (Lipinski definition) is 5. The van der Waals surface area contributed by atoms with Gasteiger partial charge in [-0.05, 0) is 35.9 Å². The first-order valence-electron chi connectivity index (χ1n) is 9.53. The van der Waals surface area contributed by atoms with E-state index >= 15 is 0 Å². The number of methoxy groups -OCH3 is 1. The second-order valence-corrected chi connectivity index (χ2v) is 8.93. The Bertz CT molecular complexity index is 1200. The van der Waals surface area contributed by atoms with Crippen molar-refractivity contribution in [1.29, 1.82) is 0 Å². The maximum Gasteiger partial charge on any atom is 0.264 e. The smallest absolute Gasteiger partial charge is 0.264 e. The maximum atomic E-state index is 13.3. The van der Waals surface area contributed by atoms with Gasteiger partial charge in [-0.1, -0.05) is 66.7 Å². The lowest BCUT2D eigenvalue weighted by atomic mass is 10.2. The summed E-state index contributed by atoms with van der Waals surface area (Å²) in [7, 11) is -2.60. The quantitative estimate of drug-likeness (QED) is 0.463. The van der Waals surface area contributed by atoms with E-state index in [0.29, 0.717) is 11.4 Å². The van der Waals surface area contributed by atoms with Gasteiger partial charge in [0.15, 0.2) is 0 Å². The molecule has 0 fully saturated rings. The first-order chi connectivity index (χ1) is 15.3. The minimum absolute atomic E-state index is 0.0430. The third-order valence-corrected chi connectivity index (χ3v) is 6.60. The summed E-state index contributed by atoms with van der Waals surface area (Å²) in [6.07, 6.45) is 0. The van der Waals surface area contributed by atoms with Crippen molar-refractivity contribution in [1.82, 2.24) is 10.9 Å². The van der Waals surface area contributed by atoms with Crippen LogP contribution in [0.2, 0.25) is 5.02 Å². The van der Waals surface area contributed by atoms with Gasteiger partial charge in [0.1, 0.15) is 12.3 Å². The van der Waals surface area contributed by atoms with Crippen molar-refractivity contribution in [2.24, 2.45) is 0 Å². The van der Waals surface area contributed by atoms with E-state index in [1.807, 2.05) is 30.3 Å². The Morgan fingerprint density at radius 1 is 1.00 bits per heavy atom. The summed E-state index contributed by atoms with van der Waals surface area (Å²) >= 11 is 6.21. The molecule has 3 rings (SSSR count). The average Bonchev–Trinajstić information content (AvgIpc) is 2.82. The highest BCUT2D eigenvalue weighted by molar-refractivity contribution is 7.92. The molecule has 3 aromatic rings. The summed E-state index contributed by atoms with van der Waals surface area (Å²) < 4.78 is 32.8. The normalized spacial score (nSPS) is 10.8. The van der Waals surface area contributed by atoms with Gasteiger partial charge in [0.2, 0.25) is 0 Å². The molecular weight excluding hydrogens is 450 g/mol. The molecule has 0 spiro atoms. The van der Waals surface area contributed by atoms with E-state index in [1.165, 1.54) is 31.4 Å². The van der Waals surface area contributed by atoms with Crippen molar-refractivity contribution in [2.75, 3.05) is 18.0 Å². The van der Waals surface area contributed by atoms with Crippen LogP contribution in [0, 0.1) is 0 Å². The van der Waals surface area contributed by atoms with Crippen LogP contribution in [0.4, 0.5) is 5.69 Å². The van der Waals surface area contributed by atoms with Crippen LogP contribution in [-0.4, -0.2) is 28.0 Å². The second-order valence-electron chi connectivity index (χ2n) is 6.66. The van der Waals surface area contributed by atoms with Crippen molar-refractivity contribution >= 4 is 38.9 Å². The van der Waals surface area contributed by atoms with Crippen LogP contribution in [0.25, 0.3) is 5.70 Å². The van der Waals surface area contributed by atoms with E-state index in [0.717, 1.165) is 9.87 Å². The minimum Gasteiger partial charge on any atom is -0.495 e. The first-order valence-corrected chi connectivity index (χ1v) is 11.3. The minimum atomic E-state index is -4.05. The highest BCUT2D eigenvalue weighted by atomic mass is 35.5. The molecule has 2 N–H and O–H groups in total. The third-order valence-electron chi connectivity index (χ3n) is 4.52. The van der Waals surface area contributed by atoms with Gasteiger partial charge >= 0.3 is 0 Å². The number of amides is 1. The van der Waals surface area contributed by atoms with Crippen molar-refractivity contribution in [3.63, 3.8) is 0 Å². The molecule has 0 saturated carbocycles. The molecule has 0 radical (unpaired) electrons. The standard InChI is InChI=1S/C23H22ClN3O4S/c1-17(18-9-5-3-6-10-18)25-26-23(28)16-27(19-13-14-22(31-2)21(24)15-19)32(29,30)20-11-7-4-8-12-20/h3-15,25H,1,16H2,2H3,(H,26,28). The maximum absolute atomic E-state index is 13.3. The predicted molar refractivity (Wildman–Crippen MR) is 126 cm³/mol. The number of rotatable bonds is 9. The Hall–Kier alpha value is -3.49. The van der Waals surface area contributed by atoms with E-state index in [1.54, 1.807) is 24.3 Å². The number of nitrogens with one attached hydrogen (secondary N) is 2. The summed E-state index contributed by atoms with van der Waals surface area (Å²) in [6.45, 7) is 3.38. The lowest BCUT2D eigenvalue weighted by Crippen LogP contribution is -2.45. The van der Waals surface area contributed by atoms with E-state index in [2.05, 4.69) is 17.4 Å². The summed E-state index contributed by atoms with van der Waals surface area (Å²) in [6, 6.07) is 21.5. The SMILES string of the molecule is C=C(NNC(=O)CN(c1ccc(OC)c(Cl)c1)S(=O)(=O)c1ccccc1)c1ccccc1. The van der Waals surface area contributed by atoms with Gasteiger partial charge in [-0.15, -0.1) is 0 Å². The van der Waals surface area contributed by atoms with Gasteiger partial charge in [-0.2, -0.15) is 0 Å². The zero-order valence-corrected chi connectivity index (χ0v) is 18.9. The molecule has 166 valence electrons. The van der Waals surface area contributed by atoms with Crippen LogP contribution >= 0.6 is 11.6 Å². The van der Waals surface area contributed by atoms with Crippen LogP contribution in [0.5, 0.6) is 5.75 Å². The molecule has 0 unspecified atom stereocenters. The largest absolute Gasteiger partial charge is 0.495 e. The molecule has 1 amide bonds. The number of nitrogens with zero attached hydrogens (tertiary/aromatic N) is 1. The molecule has 0 aliphatic heterocycles. The molecule has 0 atom stereocenters. The number of halogens is 1. The number of carbonyl (C=O) groups excluding carboxylic acids is 1. The van der Waals surface area contributed by atoms with Crippen molar-refractivity contribution in [2.45, 2.75) is 4.90 Å². The Morgan fingerprint density at radius 2 is 1.62 bits per heavy atom. The number of hydrogen-bond donors (Lipinski definition) is 2. The van der Waals surface area contributed by atoms with Gasteiger partial charge in [-0.3, -0.25) is 20.0 Å². The number of benzene rings is 3. The second kappa shape index (κ2) is 10.2. The molecule has 9 heteroatoms. The van der Waals surface area contributed by atoms with Gasteiger partial charge in [0.25, 0.3) is 15.9 Å². The van der Waals surface area contributed by atoms with E-state index in [4.69, 9.17) is 16.3 Å². The van der Waals surface area contributed by atoms with E-state index in [9.17, 15) is 13.2 Å². The molecular formula is C23H22ClN3O4S. The Labute approximate surface area is 192 Å². The van der Waals surface area contributed by atoms with Gasteiger partial charge < -0.3 is 4.74 Å². The van der Waals surface area contributed by atoms with Crippen LogP contribution in [0.15, 0.2) is 90.3 Å². The topological polar surface area (TPSA) is 87.7 Å². The Kier molecular flexibility index (Phi) is 7.40.